The van der Waals surface area contributed by atoms with Crippen molar-refractivity contribution >= 4 is 17.5 Å². The smallest absolute Gasteiger partial charge is 0.303 e. The quantitative estimate of drug-likeness (QED) is 0.604. The van der Waals surface area contributed by atoms with Gasteiger partial charge in [-0.1, -0.05) is 25.5 Å². The predicted molar refractivity (Wildman–Crippen MR) is 64.7 cm³/mol. The Labute approximate surface area is 105 Å². The van der Waals surface area contributed by atoms with Crippen LogP contribution in [-0.4, -0.2) is 23.6 Å². The van der Waals surface area contributed by atoms with Gasteiger partial charge in [-0.3, -0.25) is 14.4 Å². The van der Waals surface area contributed by atoms with Gasteiger partial charge in [-0.25, -0.2) is 0 Å². The van der Waals surface area contributed by atoms with E-state index in [2.05, 4.69) is 0 Å². The van der Waals surface area contributed by atoms with E-state index in [1.807, 2.05) is 13.0 Å². The summed E-state index contributed by atoms with van der Waals surface area (Å²) < 4.78 is 4.78. The number of carbonyl (C=O) groups is 3. The van der Waals surface area contributed by atoms with E-state index in [1.54, 1.807) is 12.1 Å². The number of ketones is 2. The fourth-order valence-electron chi connectivity index (χ4n) is 2.13. The summed E-state index contributed by atoms with van der Waals surface area (Å²) in [5.41, 5.74) is 1.74. The molecular weight excluding hydrogens is 232 g/mol. The summed E-state index contributed by atoms with van der Waals surface area (Å²) in [6, 6.07) is 5.20. The molecule has 1 aliphatic rings. The molecule has 0 radical (unpaired) electrons. The Hall–Kier alpha value is -1.97. The lowest BCUT2D eigenvalue weighted by Gasteiger charge is -2.05. The Kier molecular flexibility index (Phi) is 3.28. The number of rotatable bonds is 3. The summed E-state index contributed by atoms with van der Waals surface area (Å²) in [7, 11) is 0. The average Bonchev–Trinajstić information content (AvgIpc) is 2.55. The van der Waals surface area contributed by atoms with Gasteiger partial charge in [0.05, 0.1) is 0 Å². The van der Waals surface area contributed by atoms with Gasteiger partial charge in [-0.15, -0.1) is 0 Å². The van der Waals surface area contributed by atoms with Crippen LogP contribution in [0.25, 0.3) is 0 Å². The predicted octanol–water partition coefficient (Wildman–Crippen LogP) is 1.95. The summed E-state index contributed by atoms with van der Waals surface area (Å²) in [5.74, 6) is -1.46. The zero-order valence-electron chi connectivity index (χ0n) is 10.4. The Morgan fingerprint density at radius 1 is 1.22 bits per heavy atom. The molecule has 0 N–H and O–H groups in total. The topological polar surface area (TPSA) is 60.4 Å². The highest BCUT2D eigenvalue weighted by atomic mass is 16.5. The van der Waals surface area contributed by atoms with Crippen LogP contribution in [0.1, 0.15) is 46.5 Å². The summed E-state index contributed by atoms with van der Waals surface area (Å²) in [5, 5.41) is 0. The molecule has 0 bridgehead atoms. The standard InChI is InChI=1S/C14H14O4/c1-3-4-9-5-6-10-11(7-9)13(17)14(12(10)16)18-8(2)15/h5-7,14H,3-4H2,1-2H3. The molecule has 1 aromatic carbocycles. The molecule has 1 atom stereocenters. The van der Waals surface area contributed by atoms with Crippen LogP contribution in [0.15, 0.2) is 18.2 Å². The second-order valence-electron chi connectivity index (χ2n) is 4.35. The van der Waals surface area contributed by atoms with E-state index in [4.69, 9.17) is 4.74 Å². The second-order valence-corrected chi connectivity index (χ2v) is 4.35. The minimum atomic E-state index is -1.28. The third-order valence-corrected chi connectivity index (χ3v) is 2.91. The van der Waals surface area contributed by atoms with Crippen molar-refractivity contribution in [1.29, 1.82) is 0 Å². The molecule has 94 valence electrons. The number of hydrogen-bond acceptors (Lipinski definition) is 4. The third kappa shape index (κ3) is 2.06. The van der Waals surface area contributed by atoms with Crippen molar-refractivity contribution in [3.63, 3.8) is 0 Å². The van der Waals surface area contributed by atoms with E-state index in [9.17, 15) is 14.4 Å². The first-order valence-electron chi connectivity index (χ1n) is 5.93. The number of esters is 1. The Morgan fingerprint density at radius 2 is 1.89 bits per heavy atom. The van der Waals surface area contributed by atoms with Crippen LogP contribution in [0, 0.1) is 0 Å². The van der Waals surface area contributed by atoms with Crippen molar-refractivity contribution in [3.05, 3.63) is 34.9 Å². The van der Waals surface area contributed by atoms with Gasteiger partial charge in [0.15, 0.2) is 0 Å². The molecule has 0 saturated carbocycles. The van der Waals surface area contributed by atoms with Crippen molar-refractivity contribution < 1.29 is 19.1 Å². The fourth-order valence-corrected chi connectivity index (χ4v) is 2.13. The van der Waals surface area contributed by atoms with E-state index in [1.165, 1.54) is 6.92 Å². The highest BCUT2D eigenvalue weighted by Crippen LogP contribution is 2.26. The van der Waals surface area contributed by atoms with Gasteiger partial charge in [-0.2, -0.15) is 0 Å². The van der Waals surface area contributed by atoms with Crippen LogP contribution in [0.5, 0.6) is 0 Å². The van der Waals surface area contributed by atoms with Gasteiger partial charge in [0.1, 0.15) is 0 Å². The van der Waals surface area contributed by atoms with Crippen molar-refractivity contribution in [2.45, 2.75) is 32.8 Å². The molecule has 0 aromatic heterocycles. The molecule has 0 spiro atoms. The van der Waals surface area contributed by atoms with Crippen molar-refractivity contribution in [1.82, 2.24) is 0 Å². The molecule has 0 heterocycles. The maximum Gasteiger partial charge on any atom is 0.303 e. The van der Waals surface area contributed by atoms with Gasteiger partial charge >= 0.3 is 5.97 Å². The van der Waals surface area contributed by atoms with E-state index < -0.39 is 23.6 Å². The zero-order chi connectivity index (χ0) is 13.3. The molecule has 18 heavy (non-hydrogen) atoms. The van der Waals surface area contributed by atoms with E-state index in [0.29, 0.717) is 11.1 Å². The maximum atomic E-state index is 12.0. The Bertz CT molecular complexity index is 531. The Balaban J connectivity index is 2.36. The van der Waals surface area contributed by atoms with Gasteiger partial charge in [0.25, 0.3) is 0 Å². The number of hydrogen-bond donors (Lipinski definition) is 0. The fraction of sp³-hybridized carbons (Fsp3) is 0.357. The molecular formula is C14H14O4. The molecule has 1 unspecified atom stereocenters. The molecule has 2 rings (SSSR count). The van der Waals surface area contributed by atoms with Gasteiger partial charge in [0.2, 0.25) is 17.7 Å². The number of aryl methyl sites for hydroxylation is 1. The third-order valence-electron chi connectivity index (χ3n) is 2.91. The van der Waals surface area contributed by atoms with E-state index in [-0.39, 0.29) is 0 Å². The summed E-state index contributed by atoms with van der Waals surface area (Å²) in [6.07, 6.45) is 0.538. The van der Waals surface area contributed by atoms with Crippen LogP contribution >= 0.6 is 0 Å². The monoisotopic (exact) mass is 246 g/mol. The highest BCUT2D eigenvalue weighted by Gasteiger charge is 2.40. The number of fused-ring (bicyclic) bond motifs is 1. The van der Waals surface area contributed by atoms with Crippen LogP contribution in [0.4, 0.5) is 0 Å². The first kappa shape index (κ1) is 12.5. The van der Waals surface area contributed by atoms with E-state index in [0.717, 1.165) is 18.4 Å². The number of carbonyl (C=O) groups excluding carboxylic acids is 3. The molecule has 0 amide bonds. The van der Waals surface area contributed by atoms with Crippen molar-refractivity contribution in [2.75, 3.05) is 0 Å². The largest absolute Gasteiger partial charge is 0.446 e. The lowest BCUT2D eigenvalue weighted by Crippen LogP contribution is -2.27. The van der Waals surface area contributed by atoms with Gasteiger partial charge in [-0.05, 0) is 18.1 Å². The number of Topliss-reactive ketones (excluding diaryl/α,β-unsaturated/α-hetero) is 2. The highest BCUT2D eigenvalue weighted by molar-refractivity contribution is 6.29. The van der Waals surface area contributed by atoms with Gasteiger partial charge in [0, 0.05) is 18.1 Å². The van der Waals surface area contributed by atoms with Crippen molar-refractivity contribution in [3.8, 4) is 0 Å². The number of ether oxygens (including phenoxy) is 1. The summed E-state index contributed by atoms with van der Waals surface area (Å²) in [6.45, 7) is 3.23. The molecule has 0 aliphatic heterocycles. The normalized spacial score (nSPS) is 17.8. The molecule has 1 aliphatic carbocycles. The average molecular weight is 246 g/mol. The van der Waals surface area contributed by atoms with E-state index >= 15 is 0 Å². The zero-order valence-corrected chi connectivity index (χ0v) is 10.4. The van der Waals surface area contributed by atoms with Gasteiger partial charge < -0.3 is 4.74 Å². The molecule has 1 aromatic rings. The lowest BCUT2D eigenvalue weighted by molar-refractivity contribution is -0.142. The number of benzene rings is 1. The van der Waals surface area contributed by atoms with Crippen LogP contribution in [0.3, 0.4) is 0 Å². The minimum Gasteiger partial charge on any atom is -0.446 e. The molecule has 4 heteroatoms. The van der Waals surface area contributed by atoms with Crippen LogP contribution in [0.2, 0.25) is 0 Å². The minimum absolute atomic E-state index is 0.353. The first-order valence-corrected chi connectivity index (χ1v) is 5.93. The summed E-state index contributed by atoms with van der Waals surface area (Å²) in [4.78, 5) is 34.8. The lowest BCUT2D eigenvalue weighted by atomic mass is 10.0. The summed E-state index contributed by atoms with van der Waals surface area (Å²) >= 11 is 0. The maximum absolute atomic E-state index is 12.0. The molecule has 4 nitrogen and oxygen atoms in total. The van der Waals surface area contributed by atoms with Crippen LogP contribution < -0.4 is 0 Å². The second kappa shape index (κ2) is 4.72. The van der Waals surface area contributed by atoms with Crippen molar-refractivity contribution in [2.24, 2.45) is 0 Å². The SMILES string of the molecule is CCCc1ccc2c(c1)C(=O)C(OC(C)=O)C2=O. The molecule has 0 saturated heterocycles. The van der Waals surface area contributed by atoms with Crippen LogP contribution in [-0.2, 0) is 16.0 Å². The Morgan fingerprint density at radius 3 is 2.50 bits per heavy atom. The molecule has 0 fully saturated rings. The first-order chi connectivity index (χ1) is 8.54.